The maximum absolute atomic E-state index is 11.6. The molecule has 0 aliphatic heterocycles. The van der Waals surface area contributed by atoms with Gasteiger partial charge in [0.1, 0.15) is 0 Å². The van der Waals surface area contributed by atoms with Gasteiger partial charge in [0.15, 0.2) is 0 Å². The second kappa shape index (κ2) is 6.21. The molecule has 94 valence electrons. The molecule has 1 rings (SSSR count). The minimum absolute atomic E-state index is 0.0555. The largest absolute Gasteiger partial charge is 0.383 e. The van der Waals surface area contributed by atoms with Gasteiger partial charge in [-0.15, -0.1) is 0 Å². The fraction of sp³-hybridized carbons (Fsp3) is 0.917. The third-order valence-corrected chi connectivity index (χ3v) is 3.39. The van der Waals surface area contributed by atoms with Gasteiger partial charge in [0.2, 0.25) is 5.91 Å². The fourth-order valence-corrected chi connectivity index (χ4v) is 1.88. The van der Waals surface area contributed by atoms with E-state index in [0.717, 1.165) is 6.54 Å². The Balaban J connectivity index is 2.13. The molecule has 0 spiro atoms. The number of nitrogens with one attached hydrogen (secondary N) is 2. The quantitative estimate of drug-likeness (QED) is 0.637. The first kappa shape index (κ1) is 13.5. The van der Waals surface area contributed by atoms with Crippen LogP contribution in [0.25, 0.3) is 0 Å². The number of carbonyl (C=O) groups excluding carboxylic acids is 1. The molecule has 1 amide bonds. The molecule has 0 aromatic carbocycles. The molecule has 1 atom stereocenters. The van der Waals surface area contributed by atoms with Gasteiger partial charge in [-0.05, 0) is 25.2 Å². The Bertz CT molecular complexity index is 227. The average Bonchev–Trinajstić information content (AvgIpc) is 2.23. The van der Waals surface area contributed by atoms with E-state index in [1.165, 1.54) is 19.3 Å². The first-order valence-electron chi connectivity index (χ1n) is 6.07. The van der Waals surface area contributed by atoms with Crippen LogP contribution in [-0.2, 0) is 9.53 Å². The van der Waals surface area contributed by atoms with Gasteiger partial charge in [-0.3, -0.25) is 4.79 Å². The molecule has 1 saturated carbocycles. The van der Waals surface area contributed by atoms with Crippen molar-refractivity contribution in [1.82, 2.24) is 10.6 Å². The highest BCUT2D eigenvalue weighted by atomic mass is 16.5. The Labute approximate surface area is 98.1 Å². The van der Waals surface area contributed by atoms with Crippen LogP contribution < -0.4 is 10.6 Å². The molecular formula is C12H24N2O2. The van der Waals surface area contributed by atoms with Gasteiger partial charge >= 0.3 is 0 Å². The zero-order valence-electron chi connectivity index (χ0n) is 10.6. The SMILES string of the molecule is COCCNC(=O)C(C)NCC1(C)CCC1. The third-order valence-electron chi connectivity index (χ3n) is 3.39. The minimum Gasteiger partial charge on any atom is -0.383 e. The van der Waals surface area contributed by atoms with Crippen molar-refractivity contribution in [3.63, 3.8) is 0 Å². The molecular weight excluding hydrogens is 204 g/mol. The molecule has 0 radical (unpaired) electrons. The molecule has 0 aromatic rings. The molecule has 2 N–H and O–H groups in total. The minimum atomic E-state index is -0.116. The van der Waals surface area contributed by atoms with Crippen LogP contribution in [-0.4, -0.2) is 38.8 Å². The Kier molecular flexibility index (Phi) is 5.22. The maximum atomic E-state index is 11.6. The van der Waals surface area contributed by atoms with Crippen LogP contribution in [0.3, 0.4) is 0 Å². The normalized spacial score (nSPS) is 19.9. The second-order valence-electron chi connectivity index (χ2n) is 5.05. The number of amides is 1. The van der Waals surface area contributed by atoms with Gasteiger partial charge in [-0.1, -0.05) is 13.3 Å². The van der Waals surface area contributed by atoms with Crippen molar-refractivity contribution in [3.05, 3.63) is 0 Å². The predicted octanol–water partition coefficient (Wildman–Crippen LogP) is 0.917. The summed E-state index contributed by atoms with van der Waals surface area (Å²) >= 11 is 0. The first-order valence-corrected chi connectivity index (χ1v) is 6.07. The van der Waals surface area contributed by atoms with Crippen LogP contribution in [0.1, 0.15) is 33.1 Å². The van der Waals surface area contributed by atoms with Crippen molar-refractivity contribution in [2.24, 2.45) is 5.41 Å². The first-order chi connectivity index (χ1) is 7.57. The molecule has 1 aliphatic carbocycles. The smallest absolute Gasteiger partial charge is 0.236 e. The Morgan fingerprint density at radius 1 is 1.50 bits per heavy atom. The van der Waals surface area contributed by atoms with E-state index in [9.17, 15) is 4.79 Å². The second-order valence-corrected chi connectivity index (χ2v) is 5.05. The van der Waals surface area contributed by atoms with Crippen LogP contribution in [0, 0.1) is 5.41 Å². The van der Waals surface area contributed by atoms with Crippen molar-refractivity contribution in [3.8, 4) is 0 Å². The van der Waals surface area contributed by atoms with Crippen LogP contribution in [0.5, 0.6) is 0 Å². The summed E-state index contributed by atoms with van der Waals surface area (Å²) in [4.78, 5) is 11.6. The number of methoxy groups -OCH3 is 1. The van der Waals surface area contributed by atoms with E-state index in [-0.39, 0.29) is 11.9 Å². The van der Waals surface area contributed by atoms with Crippen molar-refractivity contribution in [2.75, 3.05) is 26.8 Å². The van der Waals surface area contributed by atoms with E-state index >= 15 is 0 Å². The van der Waals surface area contributed by atoms with Gasteiger partial charge in [0, 0.05) is 20.2 Å². The summed E-state index contributed by atoms with van der Waals surface area (Å²) in [5.74, 6) is 0.0555. The lowest BCUT2D eigenvalue weighted by Gasteiger charge is -2.39. The summed E-state index contributed by atoms with van der Waals surface area (Å²) in [7, 11) is 1.63. The molecule has 0 aromatic heterocycles. The van der Waals surface area contributed by atoms with Gasteiger partial charge < -0.3 is 15.4 Å². The highest BCUT2D eigenvalue weighted by Crippen LogP contribution is 2.39. The Morgan fingerprint density at radius 2 is 2.19 bits per heavy atom. The molecule has 16 heavy (non-hydrogen) atoms. The molecule has 4 nitrogen and oxygen atoms in total. The van der Waals surface area contributed by atoms with E-state index in [1.807, 2.05) is 6.92 Å². The van der Waals surface area contributed by atoms with Gasteiger partial charge in [0.25, 0.3) is 0 Å². The van der Waals surface area contributed by atoms with Crippen molar-refractivity contribution in [2.45, 2.75) is 39.2 Å². The third kappa shape index (κ3) is 4.10. The van der Waals surface area contributed by atoms with E-state index in [0.29, 0.717) is 18.6 Å². The number of ether oxygens (including phenoxy) is 1. The van der Waals surface area contributed by atoms with Gasteiger partial charge in [-0.25, -0.2) is 0 Å². The highest BCUT2D eigenvalue weighted by molar-refractivity contribution is 5.81. The maximum Gasteiger partial charge on any atom is 0.236 e. The molecule has 1 fully saturated rings. The highest BCUT2D eigenvalue weighted by Gasteiger charge is 2.32. The standard InChI is InChI=1S/C12H24N2O2/c1-10(11(15)13-7-8-16-3)14-9-12(2)5-4-6-12/h10,14H,4-9H2,1-3H3,(H,13,15). The number of carbonyl (C=O) groups is 1. The zero-order chi connectivity index (χ0) is 12.0. The van der Waals surface area contributed by atoms with Crippen molar-refractivity contribution in [1.29, 1.82) is 0 Å². The number of hydrogen-bond donors (Lipinski definition) is 2. The molecule has 0 saturated heterocycles. The lowest BCUT2D eigenvalue weighted by molar-refractivity contribution is -0.123. The number of hydrogen-bond acceptors (Lipinski definition) is 3. The summed E-state index contributed by atoms with van der Waals surface area (Å²) < 4.78 is 4.88. The lowest BCUT2D eigenvalue weighted by atomic mass is 9.70. The predicted molar refractivity (Wildman–Crippen MR) is 64.3 cm³/mol. The van der Waals surface area contributed by atoms with E-state index in [2.05, 4.69) is 17.6 Å². The molecule has 4 heteroatoms. The summed E-state index contributed by atoms with van der Waals surface area (Å²) in [5, 5.41) is 6.13. The molecule has 0 heterocycles. The Morgan fingerprint density at radius 3 is 2.69 bits per heavy atom. The van der Waals surface area contributed by atoms with Gasteiger partial charge in [-0.2, -0.15) is 0 Å². The van der Waals surface area contributed by atoms with Crippen LogP contribution in [0.15, 0.2) is 0 Å². The number of rotatable bonds is 7. The summed E-state index contributed by atoms with van der Waals surface area (Å²) in [6.45, 7) is 6.27. The van der Waals surface area contributed by atoms with E-state index in [4.69, 9.17) is 4.74 Å². The Hall–Kier alpha value is -0.610. The van der Waals surface area contributed by atoms with E-state index < -0.39 is 0 Å². The van der Waals surface area contributed by atoms with Crippen LogP contribution in [0.4, 0.5) is 0 Å². The molecule has 1 aliphatic rings. The monoisotopic (exact) mass is 228 g/mol. The molecule has 0 bridgehead atoms. The summed E-state index contributed by atoms with van der Waals surface area (Å²) in [5.41, 5.74) is 0.418. The summed E-state index contributed by atoms with van der Waals surface area (Å²) in [6, 6.07) is -0.116. The zero-order valence-corrected chi connectivity index (χ0v) is 10.6. The average molecular weight is 228 g/mol. The van der Waals surface area contributed by atoms with Crippen molar-refractivity contribution >= 4 is 5.91 Å². The summed E-state index contributed by atoms with van der Waals surface area (Å²) in [6.07, 6.45) is 3.88. The van der Waals surface area contributed by atoms with Crippen molar-refractivity contribution < 1.29 is 9.53 Å². The lowest BCUT2D eigenvalue weighted by Crippen LogP contribution is -2.47. The van der Waals surface area contributed by atoms with Crippen LogP contribution in [0.2, 0.25) is 0 Å². The van der Waals surface area contributed by atoms with E-state index in [1.54, 1.807) is 7.11 Å². The van der Waals surface area contributed by atoms with Gasteiger partial charge in [0.05, 0.1) is 12.6 Å². The van der Waals surface area contributed by atoms with Crippen LogP contribution >= 0.6 is 0 Å². The fourth-order valence-electron chi connectivity index (χ4n) is 1.88. The topological polar surface area (TPSA) is 50.4 Å². The molecule has 1 unspecified atom stereocenters.